The van der Waals surface area contributed by atoms with E-state index in [1.54, 1.807) is 30.3 Å². The third-order valence-electron chi connectivity index (χ3n) is 4.60. The Morgan fingerprint density at radius 1 is 0.969 bits per heavy atom. The highest BCUT2D eigenvalue weighted by atomic mass is 16.5. The maximum Gasteiger partial charge on any atom is 0.319 e. The van der Waals surface area contributed by atoms with E-state index >= 15 is 0 Å². The fourth-order valence-corrected chi connectivity index (χ4v) is 3.14. The summed E-state index contributed by atoms with van der Waals surface area (Å²) >= 11 is 0. The van der Waals surface area contributed by atoms with Crippen LogP contribution in [0.5, 0.6) is 5.75 Å². The first kappa shape index (κ1) is 20.9. The van der Waals surface area contributed by atoms with Gasteiger partial charge in [0.05, 0.1) is 12.2 Å². The van der Waals surface area contributed by atoms with Crippen LogP contribution in [0.4, 0.5) is 16.2 Å². The smallest absolute Gasteiger partial charge is 0.319 e. The van der Waals surface area contributed by atoms with Crippen LogP contribution in [0.1, 0.15) is 11.3 Å². The predicted octanol–water partition coefficient (Wildman–Crippen LogP) is 3.98. The quantitative estimate of drug-likeness (QED) is 0.414. The Labute approximate surface area is 185 Å². The number of hydrogen-bond donors (Lipinski definition) is 3. The number of imidazole rings is 1. The van der Waals surface area contributed by atoms with E-state index in [4.69, 9.17) is 4.74 Å². The number of ether oxygens (including phenoxy) is 1. The van der Waals surface area contributed by atoms with Crippen molar-refractivity contribution in [3.8, 4) is 5.75 Å². The summed E-state index contributed by atoms with van der Waals surface area (Å²) < 4.78 is 7.74. The minimum atomic E-state index is -0.449. The molecule has 4 rings (SSSR count). The molecule has 2 aromatic carbocycles. The van der Waals surface area contributed by atoms with Crippen molar-refractivity contribution in [3.05, 3.63) is 90.4 Å². The summed E-state index contributed by atoms with van der Waals surface area (Å²) in [6, 6.07) is 19.8. The van der Waals surface area contributed by atoms with Crippen molar-refractivity contribution >= 4 is 29.0 Å². The molecule has 8 heteroatoms. The van der Waals surface area contributed by atoms with Crippen molar-refractivity contribution in [1.82, 2.24) is 14.7 Å². The van der Waals surface area contributed by atoms with Crippen molar-refractivity contribution in [2.75, 3.05) is 17.2 Å². The lowest BCUT2D eigenvalue weighted by atomic mass is 10.2. The molecule has 2 aromatic heterocycles. The van der Waals surface area contributed by atoms with Gasteiger partial charge in [0, 0.05) is 29.8 Å². The number of pyridine rings is 1. The molecule has 0 fully saturated rings. The molecule has 0 unspecified atom stereocenters. The molecule has 0 bridgehead atoms. The van der Waals surface area contributed by atoms with Crippen molar-refractivity contribution in [3.63, 3.8) is 0 Å². The van der Waals surface area contributed by atoms with Crippen LogP contribution in [0.3, 0.4) is 0 Å². The largest absolute Gasteiger partial charge is 0.487 e. The SMILES string of the molecule is Cc1cccc(NC(=O)NCC(=O)Nc2cccc(OCc3cn4ccccc4n3)c2)c1. The van der Waals surface area contributed by atoms with Gasteiger partial charge in [-0.15, -0.1) is 0 Å². The maximum atomic E-state index is 12.2. The van der Waals surface area contributed by atoms with Crippen molar-refractivity contribution in [2.24, 2.45) is 0 Å². The van der Waals surface area contributed by atoms with E-state index in [0.29, 0.717) is 23.7 Å². The van der Waals surface area contributed by atoms with Crippen LogP contribution < -0.4 is 20.7 Å². The summed E-state index contributed by atoms with van der Waals surface area (Å²) in [5, 5.41) is 7.99. The Balaban J connectivity index is 1.26. The van der Waals surface area contributed by atoms with Crippen LogP contribution in [0, 0.1) is 6.92 Å². The summed E-state index contributed by atoms with van der Waals surface area (Å²) in [7, 11) is 0. The van der Waals surface area contributed by atoms with E-state index in [1.165, 1.54) is 0 Å². The number of nitrogens with zero attached hydrogens (tertiary/aromatic N) is 2. The topological polar surface area (TPSA) is 96.8 Å². The van der Waals surface area contributed by atoms with Gasteiger partial charge in [-0.05, 0) is 48.9 Å². The molecule has 0 saturated heterocycles. The summed E-state index contributed by atoms with van der Waals surface area (Å²) in [5.41, 5.74) is 3.92. The van der Waals surface area contributed by atoms with Gasteiger partial charge in [0.2, 0.25) is 5.91 Å². The van der Waals surface area contributed by atoms with Gasteiger partial charge in [0.1, 0.15) is 18.0 Å². The van der Waals surface area contributed by atoms with E-state index in [1.807, 2.05) is 60.1 Å². The molecule has 2 heterocycles. The molecule has 0 spiro atoms. The van der Waals surface area contributed by atoms with E-state index in [0.717, 1.165) is 16.9 Å². The standard InChI is InChI=1S/C24H23N5O3/c1-17-6-4-7-18(12-17)28-24(31)25-14-23(30)27-19-8-5-9-21(13-19)32-16-20-15-29-11-3-2-10-22(29)26-20/h2-13,15H,14,16H2,1H3,(H,27,30)(H2,25,28,31). The second-order valence-electron chi connectivity index (χ2n) is 7.24. The number of rotatable bonds is 7. The van der Waals surface area contributed by atoms with Crippen LogP contribution in [-0.2, 0) is 11.4 Å². The zero-order valence-corrected chi connectivity index (χ0v) is 17.5. The summed E-state index contributed by atoms with van der Waals surface area (Å²) in [6.45, 7) is 2.08. The molecule has 162 valence electrons. The highest BCUT2D eigenvalue weighted by Gasteiger charge is 2.08. The van der Waals surface area contributed by atoms with Gasteiger partial charge < -0.3 is 25.1 Å². The van der Waals surface area contributed by atoms with Gasteiger partial charge in [-0.2, -0.15) is 0 Å². The lowest BCUT2D eigenvalue weighted by molar-refractivity contribution is -0.115. The van der Waals surface area contributed by atoms with E-state index in [2.05, 4.69) is 20.9 Å². The van der Waals surface area contributed by atoms with Gasteiger partial charge in [-0.1, -0.05) is 24.3 Å². The van der Waals surface area contributed by atoms with Gasteiger partial charge in [0.25, 0.3) is 0 Å². The zero-order valence-electron chi connectivity index (χ0n) is 17.5. The van der Waals surface area contributed by atoms with Crippen molar-refractivity contribution in [2.45, 2.75) is 13.5 Å². The van der Waals surface area contributed by atoms with Gasteiger partial charge >= 0.3 is 6.03 Å². The predicted molar refractivity (Wildman–Crippen MR) is 123 cm³/mol. The van der Waals surface area contributed by atoms with Crippen LogP contribution in [0.15, 0.2) is 79.1 Å². The number of carbonyl (C=O) groups is 2. The number of amides is 3. The number of anilines is 2. The first-order valence-corrected chi connectivity index (χ1v) is 10.1. The summed E-state index contributed by atoms with van der Waals surface area (Å²) in [5.74, 6) is 0.256. The van der Waals surface area contributed by atoms with Crippen molar-refractivity contribution in [1.29, 1.82) is 0 Å². The van der Waals surface area contributed by atoms with Crippen molar-refractivity contribution < 1.29 is 14.3 Å². The fraction of sp³-hybridized carbons (Fsp3) is 0.125. The number of aryl methyl sites for hydroxylation is 1. The Morgan fingerprint density at radius 2 is 1.78 bits per heavy atom. The molecule has 0 aliphatic carbocycles. The molecule has 3 N–H and O–H groups in total. The minimum absolute atomic E-state index is 0.163. The number of benzene rings is 2. The number of hydrogen-bond acceptors (Lipinski definition) is 4. The third kappa shape index (κ3) is 5.63. The molecule has 4 aromatic rings. The van der Waals surface area contributed by atoms with E-state index < -0.39 is 6.03 Å². The van der Waals surface area contributed by atoms with Gasteiger partial charge in [0.15, 0.2) is 0 Å². The average Bonchev–Trinajstić information content (AvgIpc) is 3.20. The molecule has 0 aliphatic heterocycles. The average molecular weight is 429 g/mol. The summed E-state index contributed by atoms with van der Waals surface area (Å²) in [4.78, 5) is 28.7. The Kier molecular flexibility index (Phi) is 6.31. The van der Waals surface area contributed by atoms with Gasteiger partial charge in [-0.25, -0.2) is 9.78 Å². The van der Waals surface area contributed by atoms with Crippen LogP contribution in [-0.4, -0.2) is 27.9 Å². The molecule has 0 saturated carbocycles. The Hall–Kier alpha value is -4.33. The zero-order chi connectivity index (χ0) is 22.3. The lowest BCUT2D eigenvalue weighted by Crippen LogP contribution is -2.35. The molecule has 32 heavy (non-hydrogen) atoms. The monoisotopic (exact) mass is 429 g/mol. The van der Waals surface area contributed by atoms with E-state index in [9.17, 15) is 9.59 Å². The normalized spacial score (nSPS) is 10.5. The molecule has 0 radical (unpaired) electrons. The second-order valence-corrected chi connectivity index (χ2v) is 7.24. The van der Waals surface area contributed by atoms with E-state index in [-0.39, 0.29) is 12.5 Å². The maximum absolute atomic E-state index is 12.2. The molecule has 3 amide bonds. The van der Waals surface area contributed by atoms with Gasteiger partial charge in [-0.3, -0.25) is 4.79 Å². The highest BCUT2D eigenvalue weighted by Crippen LogP contribution is 2.18. The minimum Gasteiger partial charge on any atom is -0.487 e. The number of fused-ring (bicyclic) bond motifs is 1. The highest BCUT2D eigenvalue weighted by molar-refractivity contribution is 5.97. The molecular formula is C24H23N5O3. The number of urea groups is 1. The first-order chi connectivity index (χ1) is 15.5. The number of aromatic nitrogens is 2. The fourth-order valence-electron chi connectivity index (χ4n) is 3.14. The van der Waals surface area contributed by atoms with Crippen LogP contribution >= 0.6 is 0 Å². The first-order valence-electron chi connectivity index (χ1n) is 10.1. The Bertz CT molecular complexity index is 1220. The Morgan fingerprint density at radius 3 is 2.59 bits per heavy atom. The second kappa shape index (κ2) is 9.65. The molecule has 8 nitrogen and oxygen atoms in total. The summed E-state index contributed by atoms with van der Waals surface area (Å²) in [6.07, 6.45) is 3.84. The lowest BCUT2D eigenvalue weighted by Gasteiger charge is -2.10. The third-order valence-corrected chi connectivity index (χ3v) is 4.60. The van der Waals surface area contributed by atoms with Crippen LogP contribution in [0.2, 0.25) is 0 Å². The molecule has 0 aliphatic rings. The number of nitrogens with one attached hydrogen (secondary N) is 3. The molecular weight excluding hydrogens is 406 g/mol. The number of carbonyl (C=O) groups excluding carboxylic acids is 2. The van der Waals surface area contributed by atoms with Crippen LogP contribution in [0.25, 0.3) is 5.65 Å². The molecule has 0 atom stereocenters.